The highest BCUT2D eigenvalue weighted by molar-refractivity contribution is 7.11. The van der Waals surface area contributed by atoms with Crippen LogP contribution in [0.3, 0.4) is 0 Å². The van der Waals surface area contributed by atoms with Crippen LogP contribution in [0.4, 0.5) is 0 Å². The summed E-state index contributed by atoms with van der Waals surface area (Å²) in [7, 11) is 0. The number of hydrogen-bond acceptors (Lipinski definition) is 4. The molecule has 0 bridgehead atoms. The van der Waals surface area contributed by atoms with Crippen molar-refractivity contribution in [2.24, 2.45) is 5.73 Å². The number of aromatic nitrogens is 1. The minimum Gasteiger partial charge on any atom is -0.319 e. The van der Waals surface area contributed by atoms with Crippen molar-refractivity contribution in [2.75, 3.05) is 0 Å². The van der Waals surface area contributed by atoms with Gasteiger partial charge in [0, 0.05) is 16.0 Å². The Labute approximate surface area is 89.0 Å². The van der Waals surface area contributed by atoms with Gasteiger partial charge in [-0.2, -0.15) is 0 Å². The van der Waals surface area contributed by atoms with Crippen molar-refractivity contribution in [1.29, 1.82) is 0 Å². The van der Waals surface area contributed by atoms with Crippen LogP contribution in [0.2, 0.25) is 5.02 Å². The molecular weight excluding hydrogens is 224 g/mol. The third-order valence-electron chi connectivity index (χ3n) is 1.69. The molecule has 68 valence electrons. The van der Waals surface area contributed by atoms with Crippen LogP contribution in [0.5, 0.6) is 0 Å². The highest BCUT2D eigenvalue weighted by Gasteiger charge is 2.14. The third-order valence-corrected chi connectivity index (χ3v) is 3.99. The Kier molecular flexibility index (Phi) is 2.64. The zero-order chi connectivity index (χ0) is 9.26. The molecule has 2 N–H and O–H groups in total. The molecule has 0 saturated carbocycles. The highest BCUT2D eigenvalue weighted by atomic mass is 35.5. The van der Waals surface area contributed by atoms with Crippen LogP contribution in [0.25, 0.3) is 0 Å². The van der Waals surface area contributed by atoms with Crippen molar-refractivity contribution < 1.29 is 0 Å². The summed E-state index contributed by atoms with van der Waals surface area (Å²) in [6, 6.07) is 1.74. The summed E-state index contributed by atoms with van der Waals surface area (Å²) in [5, 5.41) is 2.68. The van der Waals surface area contributed by atoms with Crippen molar-refractivity contribution >= 4 is 34.3 Å². The number of rotatable bonds is 2. The Morgan fingerprint density at radius 1 is 1.46 bits per heavy atom. The third kappa shape index (κ3) is 1.76. The topological polar surface area (TPSA) is 38.9 Å². The smallest absolute Gasteiger partial charge is 0.0794 e. The lowest BCUT2D eigenvalue weighted by Crippen LogP contribution is -2.08. The van der Waals surface area contributed by atoms with E-state index in [-0.39, 0.29) is 6.04 Å². The maximum absolute atomic E-state index is 6.00. The molecule has 2 heterocycles. The van der Waals surface area contributed by atoms with Crippen LogP contribution in [-0.4, -0.2) is 4.98 Å². The Morgan fingerprint density at radius 3 is 2.85 bits per heavy atom. The number of thiophene rings is 1. The van der Waals surface area contributed by atoms with Crippen LogP contribution in [-0.2, 0) is 0 Å². The van der Waals surface area contributed by atoms with Crippen molar-refractivity contribution in [3.05, 3.63) is 37.9 Å². The average Bonchev–Trinajstić information content (AvgIpc) is 2.72. The second-order valence-corrected chi connectivity index (χ2v) is 4.79. The Morgan fingerprint density at radius 2 is 2.31 bits per heavy atom. The van der Waals surface area contributed by atoms with Gasteiger partial charge in [0.15, 0.2) is 0 Å². The van der Waals surface area contributed by atoms with E-state index in [9.17, 15) is 0 Å². The van der Waals surface area contributed by atoms with Crippen LogP contribution >= 0.6 is 34.3 Å². The molecule has 2 nitrogen and oxygen atoms in total. The number of nitrogens with two attached hydrogens (primary N) is 1. The summed E-state index contributed by atoms with van der Waals surface area (Å²) >= 11 is 9.09. The lowest BCUT2D eigenvalue weighted by Gasteiger charge is -2.06. The first kappa shape index (κ1) is 9.15. The average molecular weight is 231 g/mol. The summed E-state index contributed by atoms with van der Waals surface area (Å²) in [4.78, 5) is 6.03. The van der Waals surface area contributed by atoms with Gasteiger partial charge in [0.1, 0.15) is 0 Å². The van der Waals surface area contributed by atoms with E-state index < -0.39 is 0 Å². The molecule has 0 amide bonds. The van der Waals surface area contributed by atoms with E-state index in [1.54, 1.807) is 34.4 Å². The second-order valence-electron chi connectivity index (χ2n) is 2.51. The van der Waals surface area contributed by atoms with E-state index in [0.717, 1.165) is 14.8 Å². The van der Waals surface area contributed by atoms with Crippen molar-refractivity contribution in [2.45, 2.75) is 6.04 Å². The van der Waals surface area contributed by atoms with E-state index >= 15 is 0 Å². The first-order chi connectivity index (χ1) is 6.29. The van der Waals surface area contributed by atoms with Gasteiger partial charge in [-0.1, -0.05) is 11.6 Å². The summed E-state index contributed by atoms with van der Waals surface area (Å²) in [5.41, 5.74) is 7.78. The predicted octanol–water partition coefficient (Wildman–Crippen LogP) is 2.91. The van der Waals surface area contributed by atoms with Gasteiger partial charge in [-0.15, -0.1) is 22.7 Å². The van der Waals surface area contributed by atoms with Gasteiger partial charge in [-0.3, -0.25) is 4.98 Å². The molecular formula is C8H7ClN2S2. The molecule has 1 atom stereocenters. The highest BCUT2D eigenvalue weighted by Crippen LogP contribution is 2.32. The fourth-order valence-corrected chi connectivity index (χ4v) is 2.93. The van der Waals surface area contributed by atoms with Crippen molar-refractivity contribution in [3.8, 4) is 0 Å². The molecule has 0 aliphatic rings. The molecule has 1 unspecified atom stereocenters. The Hall–Kier alpha value is -0.420. The lowest BCUT2D eigenvalue weighted by atomic mass is 10.2. The van der Waals surface area contributed by atoms with Gasteiger partial charge in [0.05, 0.1) is 16.6 Å². The van der Waals surface area contributed by atoms with E-state index in [4.69, 9.17) is 17.3 Å². The number of halogens is 1. The van der Waals surface area contributed by atoms with Gasteiger partial charge in [0.25, 0.3) is 0 Å². The molecule has 0 aliphatic heterocycles. The summed E-state index contributed by atoms with van der Waals surface area (Å²) in [5.74, 6) is 0. The molecule has 0 fully saturated rings. The zero-order valence-corrected chi connectivity index (χ0v) is 8.99. The molecule has 5 heteroatoms. The first-order valence-electron chi connectivity index (χ1n) is 3.66. The van der Waals surface area contributed by atoms with Gasteiger partial charge in [-0.25, -0.2) is 0 Å². The van der Waals surface area contributed by atoms with Gasteiger partial charge < -0.3 is 5.73 Å². The lowest BCUT2D eigenvalue weighted by molar-refractivity contribution is 0.913. The number of nitrogens with zero attached hydrogens (tertiary/aromatic N) is 1. The fourth-order valence-electron chi connectivity index (χ4n) is 1.04. The predicted molar refractivity (Wildman–Crippen MR) is 57.5 cm³/mol. The molecule has 0 spiro atoms. The molecule has 0 saturated heterocycles. The molecule has 0 aromatic carbocycles. The maximum Gasteiger partial charge on any atom is 0.0794 e. The summed E-state index contributed by atoms with van der Waals surface area (Å²) < 4.78 is 0. The standard InChI is InChI=1S/C8H7ClN2S2/c9-5-1-2-12-8(5)7(10)6-3-11-4-13-6/h1-4,7H,10H2. The zero-order valence-electron chi connectivity index (χ0n) is 6.61. The molecule has 0 aliphatic carbocycles. The molecule has 13 heavy (non-hydrogen) atoms. The minimum absolute atomic E-state index is 0.125. The van der Waals surface area contributed by atoms with E-state index in [2.05, 4.69) is 4.98 Å². The van der Waals surface area contributed by atoms with Gasteiger partial charge >= 0.3 is 0 Å². The first-order valence-corrected chi connectivity index (χ1v) is 5.79. The van der Waals surface area contributed by atoms with E-state index in [0.29, 0.717) is 0 Å². The molecule has 2 aromatic rings. The SMILES string of the molecule is NC(c1cncs1)c1sccc1Cl. The monoisotopic (exact) mass is 230 g/mol. The molecule has 0 radical (unpaired) electrons. The van der Waals surface area contributed by atoms with Crippen molar-refractivity contribution in [3.63, 3.8) is 0 Å². The Bertz CT molecular complexity index is 383. The minimum atomic E-state index is -0.125. The Balaban J connectivity index is 2.33. The summed E-state index contributed by atoms with van der Waals surface area (Å²) in [6.45, 7) is 0. The van der Waals surface area contributed by atoms with Crippen LogP contribution < -0.4 is 5.73 Å². The second kappa shape index (κ2) is 3.75. The van der Waals surface area contributed by atoms with Crippen molar-refractivity contribution in [1.82, 2.24) is 4.98 Å². The van der Waals surface area contributed by atoms with E-state index in [1.165, 1.54) is 0 Å². The number of thiazole rings is 1. The normalized spacial score (nSPS) is 13.1. The fraction of sp³-hybridized carbons (Fsp3) is 0.125. The van der Waals surface area contributed by atoms with Gasteiger partial charge in [-0.05, 0) is 11.4 Å². The molecule has 2 aromatic heterocycles. The van der Waals surface area contributed by atoms with E-state index in [1.807, 2.05) is 11.4 Å². The quantitative estimate of drug-likeness (QED) is 0.862. The largest absolute Gasteiger partial charge is 0.319 e. The number of hydrogen-bond donors (Lipinski definition) is 1. The van der Waals surface area contributed by atoms with Crippen LogP contribution in [0.15, 0.2) is 23.2 Å². The van der Waals surface area contributed by atoms with Crippen LogP contribution in [0.1, 0.15) is 15.8 Å². The summed E-state index contributed by atoms with van der Waals surface area (Å²) in [6.07, 6.45) is 1.78. The molecule has 2 rings (SSSR count). The van der Waals surface area contributed by atoms with Gasteiger partial charge in [0.2, 0.25) is 0 Å². The maximum atomic E-state index is 6.00. The van der Waals surface area contributed by atoms with Crippen LogP contribution in [0, 0.1) is 0 Å².